The lowest BCUT2D eigenvalue weighted by atomic mass is 10.1. The summed E-state index contributed by atoms with van der Waals surface area (Å²) in [6.45, 7) is 4.13. The van der Waals surface area contributed by atoms with E-state index < -0.39 is 0 Å². The summed E-state index contributed by atoms with van der Waals surface area (Å²) in [5.74, 6) is 3.15. The van der Waals surface area contributed by atoms with E-state index in [0.717, 1.165) is 62.0 Å². The lowest BCUT2D eigenvalue weighted by Crippen LogP contribution is -2.19. The molecule has 0 heterocycles. The van der Waals surface area contributed by atoms with Crippen molar-refractivity contribution in [2.45, 2.75) is 44.9 Å². The molecule has 0 aliphatic carbocycles. The third kappa shape index (κ3) is 9.93. The summed E-state index contributed by atoms with van der Waals surface area (Å²) < 4.78 is 21.3. The van der Waals surface area contributed by atoms with Crippen LogP contribution in [0.5, 0.6) is 23.0 Å². The predicted octanol–water partition coefficient (Wildman–Crippen LogP) is 4.64. The van der Waals surface area contributed by atoms with Crippen LogP contribution in [0.3, 0.4) is 0 Å². The van der Waals surface area contributed by atoms with Crippen LogP contribution in [0, 0.1) is 0 Å². The Hall–Kier alpha value is -2.44. The predicted molar refractivity (Wildman–Crippen MR) is 135 cm³/mol. The molecular weight excluding hydrogens is 416 g/mol. The summed E-state index contributed by atoms with van der Waals surface area (Å²) in [5.41, 5.74) is 2.53. The first-order valence-electron chi connectivity index (χ1n) is 12.0. The maximum absolute atomic E-state index is 5.37. The molecule has 184 valence electrons. The lowest BCUT2D eigenvalue weighted by molar-refractivity contribution is 0.354. The maximum Gasteiger partial charge on any atom is 0.160 e. The van der Waals surface area contributed by atoms with Gasteiger partial charge < -0.3 is 29.6 Å². The monoisotopic (exact) mass is 458 g/mol. The van der Waals surface area contributed by atoms with Gasteiger partial charge in [-0.1, -0.05) is 31.4 Å². The molecule has 0 spiro atoms. The van der Waals surface area contributed by atoms with E-state index in [1.54, 1.807) is 28.4 Å². The van der Waals surface area contributed by atoms with Crippen molar-refractivity contribution in [1.82, 2.24) is 10.6 Å². The van der Waals surface area contributed by atoms with Crippen molar-refractivity contribution in [3.63, 3.8) is 0 Å². The summed E-state index contributed by atoms with van der Waals surface area (Å²) >= 11 is 0. The molecule has 6 nitrogen and oxygen atoms in total. The molecule has 2 N–H and O–H groups in total. The number of rotatable bonds is 18. The number of unbranched alkanes of at least 4 members (excludes halogenated alkanes) is 4. The zero-order chi connectivity index (χ0) is 23.7. The van der Waals surface area contributed by atoms with Crippen LogP contribution in [-0.2, 0) is 12.8 Å². The molecule has 0 saturated carbocycles. The second kappa shape index (κ2) is 16.2. The summed E-state index contributed by atoms with van der Waals surface area (Å²) in [4.78, 5) is 0. The van der Waals surface area contributed by atoms with Gasteiger partial charge in [0.2, 0.25) is 0 Å². The van der Waals surface area contributed by atoms with E-state index in [0.29, 0.717) is 0 Å². The molecule has 0 unspecified atom stereocenters. The number of nitrogens with one attached hydrogen (secondary N) is 2. The van der Waals surface area contributed by atoms with Crippen molar-refractivity contribution >= 4 is 0 Å². The molecule has 0 aliphatic heterocycles. The zero-order valence-corrected chi connectivity index (χ0v) is 20.9. The third-order valence-corrected chi connectivity index (χ3v) is 5.78. The fourth-order valence-electron chi connectivity index (χ4n) is 3.82. The molecule has 0 radical (unpaired) electrons. The van der Waals surface area contributed by atoms with E-state index in [9.17, 15) is 0 Å². The van der Waals surface area contributed by atoms with Crippen LogP contribution in [0.4, 0.5) is 0 Å². The minimum Gasteiger partial charge on any atom is -0.493 e. The van der Waals surface area contributed by atoms with Gasteiger partial charge in [0.25, 0.3) is 0 Å². The highest BCUT2D eigenvalue weighted by atomic mass is 16.5. The standard InChI is InChI=1S/C27H42N2O4/c1-30-24-12-10-22(20-26(24)32-3)14-18-28-16-8-6-5-7-9-17-29-19-15-23-11-13-25(31-2)27(21-23)33-4/h10-13,20-21,28-29H,5-9,14-19H2,1-4H3. The highest BCUT2D eigenvalue weighted by molar-refractivity contribution is 5.43. The number of hydrogen-bond acceptors (Lipinski definition) is 6. The Morgan fingerprint density at radius 3 is 1.27 bits per heavy atom. The molecule has 0 aliphatic rings. The molecule has 2 aromatic rings. The maximum atomic E-state index is 5.37. The van der Waals surface area contributed by atoms with Gasteiger partial charge >= 0.3 is 0 Å². The summed E-state index contributed by atoms with van der Waals surface area (Å²) in [5, 5.41) is 7.10. The Balaban J connectivity index is 1.42. The van der Waals surface area contributed by atoms with E-state index in [1.165, 1.54) is 43.2 Å². The summed E-state index contributed by atoms with van der Waals surface area (Å²) in [6.07, 6.45) is 8.33. The van der Waals surface area contributed by atoms with Crippen molar-refractivity contribution in [3.8, 4) is 23.0 Å². The van der Waals surface area contributed by atoms with Crippen molar-refractivity contribution in [2.24, 2.45) is 0 Å². The fraction of sp³-hybridized carbons (Fsp3) is 0.556. The van der Waals surface area contributed by atoms with Gasteiger partial charge in [-0.15, -0.1) is 0 Å². The lowest BCUT2D eigenvalue weighted by Gasteiger charge is -2.10. The fourth-order valence-corrected chi connectivity index (χ4v) is 3.82. The summed E-state index contributed by atoms with van der Waals surface area (Å²) in [7, 11) is 6.68. The average molecular weight is 459 g/mol. The topological polar surface area (TPSA) is 61.0 Å². The van der Waals surface area contributed by atoms with Gasteiger partial charge in [0, 0.05) is 0 Å². The molecule has 0 bridgehead atoms. The van der Waals surface area contributed by atoms with Crippen molar-refractivity contribution in [1.29, 1.82) is 0 Å². The van der Waals surface area contributed by atoms with Crippen molar-refractivity contribution in [2.75, 3.05) is 54.6 Å². The van der Waals surface area contributed by atoms with E-state index in [4.69, 9.17) is 18.9 Å². The van der Waals surface area contributed by atoms with Crippen LogP contribution < -0.4 is 29.6 Å². The molecule has 0 aromatic heterocycles. The van der Waals surface area contributed by atoms with Crippen LogP contribution in [0.1, 0.15) is 43.2 Å². The Bertz CT molecular complexity index is 732. The van der Waals surface area contributed by atoms with Crippen molar-refractivity contribution < 1.29 is 18.9 Å². The highest BCUT2D eigenvalue weighted by Crippen LogP contribution is 2.28. The highest BCUT2D eigenvalue weighted by Gasteiger charge is 2.05. The zero-order valence-electron chi connectivity index (χ0n) is 20.9. The molecule has 0 saturated heterocycles. The van der Waals surface area contributed by atoms with E-state index >= 15 is 0 Å². The van der Waals surface area contributed by atoms with Crippen LogP contribution in [-0.4, -0.2) is 54.6 Å². The molecule has 0 atom stereocenters. The first-order valence-corrected chi connectivity index (χ1v) is 12.0. The molecule has 2 aromatic carbocycles. The van der Waals surface area contributed by atoms with Gasteiger partial charge in [-0.05, 0) is 87.3 Å². The second-order valence-electron chi connectivity index (χ2n) is 8.15. The Kier molecular flexibility index (Phi) is 13.2. The first-order chi connectivity index (χ1) is 16.2. The number of ether oxygens (including phenoxy) is 4. The normalized spacial score (nSPS) is 10.8. The number of hydrogen-bond donors (Lipinski definition) is 2. The van der Waals surface area contributed by atoms with Gasteiger partial charge in [0.1, 0.15) is 0 Å². The molecule has 0 amide bonds. The minimum absolute atomic E-state index is 0.780. The minimum atomic E-state index is 0.780. The van der Waals surface area contributed by atoms with Gasteiger partial charge in [-0.2, -0.15) is 0 Å². The quantitative estimate of drug-likeness (QED) is 0.318. The van der Waals surface area contributed by atoms with Crippen molar-refractivity contribution in [3.05, 3.63) is 47.5 Å². The Labute approximate surface area is 200 Å². The number of methoxy groups -OCH3 is 4. The van der Waals surface area contributed by atoms with Gasteiger partial charge in [0.15, 0.2) is 23.0 Å². The molecular formula is C27H42N2O4. The molecule has 33 heavy (non-hydrogen) atoms. The van der Waals surface area contributed by atoms with E-state index in [-0.39, 0.29) is 0 Å². The van der Waals surface area contributed by atoms with E-state index in [2.05, 4.69) is 34.9 Å². The third-order valence-electron chi connectivity index (χ3n) is 5.78. The van der Waals surface area contributed by atoms with E-state index in [1.807, 2.05) is 12.1 Å². The van der Waals surface area contributed by atoms with Crippen LogP contribution in [0.2, 0.25) is 0 Å². The SMILES string of the molecule is COc1ccc(CCNCCCCCCCNCCc2ccc(OC)c(OC)c2)cc1OC. The average Bonchev–Trinajstić information content (AvgIpc) is 2.86. The van der Waals surface area contributed by atoms with Gasteiger partial charge in [-0.25, -0.2) is 0 Å². The second-order valence-corrected chi connectivity index (χ2v) is 8.15. The molecule has 6 heteroatoms. The van der Waals surface area contributed by atoms with Crippen LogP contribution >= 0.6 is 0 Å². The first kappa shape index (κ1) is 26.8. The van der Waals surface area contributed by atoms with Crippen LogP contribution in [0.25, 0.3) is 0 Å². The van der Waals surface area contributed by atoms with Gasteiger partial charge in [0.05, 0.1) is 28.4 Å². The molecule has 2 rings (SSSR count). The Morgan fingerprint density at radius 2 is 0.879 bits per heavy atom. The largest absolute Gasteiger partial charge is 0.493 e. The number of benzene rings is 2. The Morgan fingerprint density at radius 1 is 0.485 bits per heavy atom. The molecule has 0 fully saturated rings. The van der Waals surface area contributed by atoms with Crippen LogP contribution in [0.15, 0.2) is 36.4 Å². The van der Waals surface area contributed by atoms with Gasteiger partial charge in [-0.3, -0.25) is 0 Å². The smallest absolute Gasteiger partial charge is 0.160 e. The summed E-state index contributed by atoms with van der Waals surface area (Å²) in [6, 6.07) is 12.3.